The van der Waals surface area contributed by atoms with Gasteiger partial charge in [0.2, 0.25) is 5.91 Å². The molecule has 3 nitrogen and oxygen atoms in total. The standard InChI is InChI=1S/C16H26N2O/c1-5-6-7-12-8-10-13(11-9-12)18-15(19)14(17)16(2,3)4/h8-11,14H,5-7,17H2,1-4H3,(H,18,19)/t14-/m0/s1. The molecule has 3 heteroatoms. The van der Waals surface area contributed by atoms with Crippen molar-refractivity contribution in [3.63, 3.8) is 0 Å². The van der Waals surface area contributed by atoms with Gasteiger partial charge in [0.05, 0.1) is 6.04 Å². The maximum absolute atomic E-state index is 12.0. The van der Waals surface area contributed by atoms with E-state index in [4.69, 9.17) is 5.73 Å². The molecule has 0 heterocycles. The van der Waals surface area contributed by atoms with Crippen molar-refractivity contribution in [1.29, 1.82) is 0 Å². The van der Waals surface area contributed by atoms with E-state index in [1.807, 2.05) is 32.9 Å². The van der Waals surface area contributed by atoms with E-state index in [9.17, 15) is 4.79 Å². The van der Waals surface area contributed by atoms with Crippen LogP contribution in [-0.2, 0) is 11.2 Å². The normalized spacial score (nSPS) is 13.1. The van der Waals surface area contributed by atoms with Crippen molar-refractivity contribution in [2.24, 2.45) is 11.1 Å². The minimum Gasteiger partial charge on any atom is -0.325 e. The second-order valence-corrected chi connectivity index (χ2v) is 6.13. The van der Waals surface area contributed by atoms with Gasteiger partial charge in [0.15, 0.2) is 0 Å². The quantitative estimate of drug-likeness (QED) is 0.855. The Bertz CT molecular complexity index is 404. The third-order valence-corrected chi connectivity index (χ3v) is 3.26. The molecule has 0 fully saturated rings. The molecule has 1 aromatic carbocycles. The first-order valence-electron chi connectivity index (χ1n) is 7.00. The molecule has 0 aliphatic heterocycles. The highest BCUT2D eigenvalue weighted by molar-refractivity contribution is 5.95. The van der Waals surface area contributed by atoms with E-state index < -0.39 is 6.04 Å². The Balaban J connectivity index is 2.60. The fourth-order valence-electron chi connectivity index (χ4n) is 1.75. The molecule has 0 unspecified atom stereocenters. The van der Waals surface area contributed by atoms with Gasteiger partial charge < -0.3 is 11.1 Å². The Morgan fingerprint density at radius 2 is 1.84 bits per heavy atom. The highest BCUT2D eigenvalue weighted by atomic mass is 16.2. The molecule has 0 saturated carbocycles. The Kier molecular flexibility index (Phi) is 5.55. The van der Waals surface area contributed by atoms with Crippen LogP contribution in [0.1, 0.15) is 46.1 Å². The Labute approximate surface area is 116 Å². The van der Waals surface area contributed by atoms with Gasteiger partial charge in [0.1, 0.15) is 0 Å². The van der Waals surface area contributed by atoms with Crippen LogP contribution in [-0.4, -0.2) is 11.9 Å². The molecular formula is C16H26N2O. The van der Waals surface area contributed by atoms with Crippen molar-refractivity contribution in [3.05, 3.63) is 29.8 Å². The lowest BCUT2D eigenvalue weighted by Crippen LogP contribution is -2.45. The lowest BCUT2D eigenvalue weighted by atomic mass is 9.87. The van der Waals surface area contributed by atoms with Crippen LogP contribution in [0, 0.1) is 5.41 Å². The number of hydrogen-bond donors (Lipinski definition) is 2. The Morgan fingerprint density at radius 3 is 2.32 bits per heavy atom. The highest BCUT2D eigenvalue weighted by Gasteiger charge is 2.27. The number of benzene rings is 1. The molecule has 1 rings (SSSR count). The van der Waals surface area contributed by atoms with Gasteiger partial charge in [0, 0.05) is 5.69 Å². The molecule has 0 aromatic heterocycles. The zero-order valence-corrected chi connectivity index (χ0v) is 12.5. The maximum Gasteiger partial charge on any atom is 0.241 e. The largest absolute Gasteiger partial charge is 0.325 e. The number of carbonyl (C=O) groups is 1. The smallest absolute Gasteiger partial charge is 0.241 e. The van der Waals surface area contributed by atoms with Crippen LogP contribution in [0.3, 0.4) is 0 Å². The highest BCUT2D eigenvalue weighted by Crippen LogP contribution is 2.19. The lowest BCUT2D eigenvalue weighted by Gasteiger charge is -2.25. The van der Waals surface area contributed by atoms with Gasteiger partial charge in [-0.05, 0) is 36.0 Å². The summed E-state index contributed by atoms with van der Waals surface area (Å²) in [7, 11) is 0. The molecule has 1 amide bonds. The number of rotatable bonds is 5. The van der Waals surface area contributed by atoms with Crippen LogP contribution in [0.4, 0.5) is 5.69 Å². The SMILES string of the molecule is CCCCc1ccc(NC(=O)[C@H](N)C(C)(C)C)cc1. The number of nitrogens with two attached hydrogens (primary N) is 1. The van der Waals surface area contributed by atoms with Crippen molar-refractivity contribution in [2.45, 2.75) is 53.0 Å². The second-order valence-electron chi connectivity index (χ2n) is 6.13. The summed E-state index contributed by atoms with van der Waals surface area (Å²) in [6, 6.07) is 7.51. The fourth-order valence-corrected chi connectivity index (χ4v) is 1.75. The third kappa shape index (κ3) is 5.03. The number of carbonyl (C=O) groups excluding carboxylic acids is 1. The van der Waals surface area contributed by atoms with Gasteiger partial charge in [-0.3, -0.25) is 4.79 Å². The average molecular weight is 262 g/mol. The predicted octanol–water partition coefficient (Wildman–Crippen LogP) is 3.34. The number of aryl methyl sites for hydroxylation is 1. The molecule has 1 aromatic rings. The molecule has 0 saturated heterocycles. The summed E-state index contributed by atoms with van der Waals surface area (Å²) in [6.07, 6.45) is 3.48. The zero-order chi connectivity index (χ0) is 14.5. The predicted molar refractivity (Wildman–Crippen MR) is 81.1 cm³/mol. The summed E-state index contributed by atoms with van der Waals surface area (Å²) < 4.78 is 0. The fraction of sp³-hybridized carbons (Fsp3) is 0.562. The van der Waals surface area contributed by atoms with Crippen LogP contribution in [0.25, 0.3) is 0 Å². The topological polar surface area (TPSA) is 55.1 Å². The summed E-state index contributed by atoms with van der Waals surface area (Å²) in [4.78, 5) is 12.0. The van der Waals surface area contributed by atoms with Gasteiger partial charge >= 0.3 is 0 Å². The first kappa shape index (κ1) is 15.7. The second kappa shape index (κ2) is 6.71. The van der Waals surface area contributed by atoms with E-state index in [0.29, 0.717) is 0 Å². The summed E-state index contributed by atoms with van der Waals surface area (Å²) in [5.41, 5.74) is 7.81. The van der Waals surface area contributed by atoms with E-state index in [-0.39, 0.29) is 11.3 Å². The molecule has 1 atom stereocenters. The van der Waals surface area contributed by atoms with Crippen molar-refractivity contribution in [2.75, 3.05) is 5.32 Å². The van der Waals surface area contributed by atoms with Gasteiger partial charge in [-0.2, -0.15) is 0 Å². The molecule has 0 radical (unpaired) electrons. The number of anilines is 1. The van der Waals surface area contributed by atoms with Crippen molar-refractivity contribution < 1.29 is 4.79 Å². The zero-order valence-electron chi connectivity index (χ0n) is 12.5. The van der Waals surface area contributed by atoms with E-state index in [2.05, 4.69) is 24.4 Å². The number of hydrogen-bond acceptors (Lipinski definition) is 2. The summed E-state index contributed by atoms with van der Waals surface area (Å²) in [6.45, 7) is 8.07. The van der Waals surface area contributed by atoms with Crippen molar-refractivity contribution in [1.82, 2.24) is 0 Å². The lowest BCUT2D eigenvalue weighted by molar-refractivity contribution is -0.119. The van der Waals surface area contributed by atoms with Crippen LogP contribution in [0.5, 0.6) is 0 Å². The molecule has 19 heavy (non-hydrogen) atoms. The number of nitrogens with one attached hydrogen (secondary N) is 1. The molecule has 3 N–H and O–H groups in total. The van der Waals surface area contributed by atoms with Crippen molar-refractivity contribution >= 4 is 11.6 Å². The molecular weight excluding hydrogens is 236 g/mol. The van der Waals surface area contributed by atoms with Gasteiger partial charge in [-0.1, -0.05) is 46.2 Å². The third-order valence-electron chi connectivity index (χ3n) is 3.26. The molecule has 106 valence electrons. The molecule has 0 aliphatic carbocycles. The summed E-state index contributed by atoms with van der Waals surface area (Å²) in [5.74, 6) is -0.131. The van der Waals surface area contributed by atoms with E-state index in [1.165, 1.54) is 18.4 Å². The van der Waals surface area contributed by atoms with Gasteiger partial charge in [0.25, 0.3) is 0 Å². The first-order chi connectivity index (χ1) is 8.84. The monoisotopic (exact) mass is 262 g/mol. The van der Waals surface area contributed by atoms with E-state index >= 15 is 0 Å². The van der Waals surface area contributed by atoms with E-state index in [1.54, 1.807) is 0 Å². The van der Waals surface area contributed by atoms with E-state index in [0.717, 1.165) is 12.1 Å². The number of amides is 1. The molecule has 0 aliphatic rings. The maximum atomic E-state index is 12.0. The average Bonchev–Trinajstić information content (AvgIpc) is 2.36. The van der Waals surface area contributed by atoms with Crippen LogP contribution in [0.2, 0.25) is 0 Å². The van der Waals surface area contributed by atoms with Crippen LogP contribution in [0.15, 0.2) is 24.3 Å². The molecule has 0 spiro atoms. The molecule has 0 bridgehead atoms. The Morgan fingerprint density at radius 1 is 1.26 bits per heavy atom. The minimum atomic E-state index is -0.507. The van der Waals surface area contributed by atoms with Gasteiger partial charge in [-0.15, -0.1) is 0 Å². The van der Waals surface area contributed by atoms with Gasteiger partial charge in [-0.25, -0.2) is 0 Å². The first-order valence-corrected chi connectivity index (χ1v) is 7.00. The van der Waals surface area contributed by atoms with Crippen LogP contribution >= 0.6 is 0 Å². The van der Waals surface area contributed by atoms with Crippen molar-refractivity contribution in [3.8, 4) is 0 Å². The minimum absolute atomic E-state index is 0.131. The number of unbranched alkanes of at least 4 members (excludes halogenated alkanes) is 1. The summed E-state index contributed by atoms with van der Waals surface area (Å²) in [5, 5.41) is 2.87. The Hall–Kier alpha value is -1.35. The summed E-state index contributed by atoms with van der Waals surface area (Å²) >= 11 is 0. The van der Waals surface area contributed by atoms with Crippen LogP contribution < -0.4 is 11.1 Å².